The minimum Gasteiger partial charge on any atom is -0.399 e. The maximum absolute atomic E-state index is 13.1. The van der Waals surface area contributed by atoms with Crippen LogP contribution in [0.25, 0.3) is 0 Å². The van der Waals surface area contributed by atoms with Crippen molar-refractivity contribution >= 4 is 23.2 Å². The van der Waals surface area contributed by atoms with Gasteiger partial charge in [-0.05, 0) is 50.3 Å². The van der Waals surface area contributed by atoms with E-state index in [9.17, 15) is 9.59 Å². The van der Waals surface area contributed by atoms with Crippen molar-refractivity contribution in [2.24, 2.45) is 5.92 Å². The number of hydrogen-bond donors (Lipinski definition) is 1. The van der Waals surface area contributed by atoms with E-state index in [2.05, 4.69) is 4.90 Å². The van der Waals surface area contributed by atoms with E-state index in [1.807, 2.05) is 28.0 Å². The van der Waals surface area contributed by atoms with Gasteiger partial charge < -0.3 is 20.4 Å². The van der Waals surface area contributed by atoms with Crippen LogP contribution in [-0.4, -0.2) is 60.9 Å². The number of piperazine rings is 1. The van der Waals surface area contributed by atoms with Crippen LogP contribution in [0.1, 0.15) is 42.5 Å². The summed E-state index contributed by atoms with van der Waals surface area (Å²) in [5.74, 6) is 0.671. The van der Waals surface area contributed by atoms with E-state index >= 15 is 0 Å². The quantitative estimate of drug-likeness (QED) is 0.841. The van der Waals surface area contributed by atoms with E-state index in [1.165, 1.54) is 6.42 Å². The Kier molecular flexibility index (Phi) is 4.74. The highest BCUT2D eigenvalue weighted by Crippen LogP contribution is 2.32. The molecule has 26 heavy (non-hydrogen) atoms. The Hall–Kier alpha value is -2.24. The van der Waals surface area contributed by atoms with Crippen molar-refractivity contribution < 1.29 is 9.59 Å². The monoisotopic (exact) mass is 356 g/mol. The third-order valence-corrected chi connectivity index (χ3v) is 5.75. The van der Waals surface area contributed by atoms with E-state index in [1.54, 1.807) is 0 Å². The molecule has 0 spiro atoms. The number of nitrogens with two attached hydrogens (primary N) is 1. The smallest absolute Gasteiger partial charge is 0.256 e. The minimum absolute atomic E-state index is 0.0866. The topological polar surface area (TPSA) is 69.9 Å². The summed E-state index contributed by atoms with van der Waals surface area (Å²) in [6, 6.07) is 5.64. The fraction of sp³-hybridized carbons (Fsp3) is 0.600. The first-order valence-corrected chi connectivity index (χ1v) is 9.86. The molecule has 4 rings (SSSR count). The first-order valence-electron chi connectivity index (χ1n) is 9.86. The van der Waals surface area contributed by atoms with Gasteiger partial charge in [0, 0.05) is 56.6 Å². The highest BCUT2D eigenvalue weighted by Gasteiger charge is 2.35. The van der Waals surface area contributed by atoms with Gasteiger partial charge in [0.1, 0.15) is 0 Å². The fourth-order valence-electron chi connectivity index (χ4n) is 4.02. The number of rotatable bonds is 3. The molecule has 140 valence electrons. The Morgan fingerprint density at radius 1 is 0.885 bits per heavy atom. The predicted molar refractivity (Wildman–Crippen MR) is 102 cm³/mol. The Bertz CT molecular complexity index is 687. The zero-order chi connectivity index (χ0) is 18.1. The maximum Gasteiger partial charge on any atom is 0.256 e. The lowest BCUT2D eigenvalue weighted by molar-refractivity contribution is -0.132. The van der Waals surface area contributed by atoms with Crippen molar-refractivity contribution in [3.05, 3.63) is 23.8 Å². The Morgan fingerprint density at radius 3 is 2.23 bits per heavy atom. The van der Waals surface area contributed by atoms with E-state index < -0.39 is 0 Å². The fourth-order valence-corrected chi connectivity index (χ4v) is 4.02. The second-order valence-electron chi connectivity index (χ2n) is 7.72. The van der Waals surface area contributed by atoms with Crippen molar-refractivity contribution in [3.8, 4) is 0 Å². The van der Waals surface area contributed by atoms with Crippen LogP contribution in [0.3, 0.4) is 0 Å². The average Bonchev–Trinajstić information content (AvgIpc) is 3.53. The van der Waals surface area contributed by atoms with Crippen LogP contribution in [-0.2, 0) is 4.79 Å². The van der Waals surface area contributed by atoms with Gasteiger partial charge in [0.05, 0.1) is 5.56 Å². The molecule has 0 atom stereocenters. The normalized spacial score (nSPS) is 21.0. The van der Waals surface area contributed by atoms with Gasteiger partial charge in [-0.3, -0.25) is 9.59 Å². The minimum atomic E-state index is 0.0866. The van der Waals surface area contributed by atoms with Crippen LogP contribution < -0.4 is 10.6 Å². The number of amides is 2. The third kappa shape index (κ3) is 3.50. The van der Waals surface area contributed by atoms with Crippen LogP contribution in [0.5, 0.6) is 0 Å². The van der Waals surface area contributed by atoms with Crippen LogP contribution in [0.2, 0.25) is 0 Å². The first-order chi connectivity index (χ1) is 12.6. The summed E-state index contributed by atoms with van der Waals surface area (Å²) in [6.07, 6.45) is 5.44. The number of anilines is 2. The molecule has 2 aliphatic heterocycles. The molecule has 3 aliphatic rings. The molecule has 2 N–H and O–H groups in total. The molecule has 0 unspecified atom stereocenters. The van der Waals surface area contributed by atoms with Gasteiger partial charge in [0.2, 0.25) is 5.91 Å². The lowest BCUT2D eigenvalue weighted by Gasteiger charge is -2.37. The summed E-state index contributed by atoms with van der Waals surface area (Å²) >= 11 is 0. The third-order valence-electron chi connectivity index (χ3n) is 5.75. The summed E-state index contributed by atoms with van der Waals surface area (Å²) in [5.41, 5.74) is 8.26. The maximum atomic E-state index is 13.1. The molecular formula is C20H28N4O2. The second kappa shape index (κ2) is 7.17. The Labute approximate surface area is 154 Å². The van der Waals surface area contributed by atoms with Gasteiger partial charge in [-0.2, -0.15) is 0 Å². The van der Waals surface area contributed by atoms with Crippen molar-refractivity contribution in [1.82, 2.24) is 9.80 Å². The number of likely N-dealkylation sites (tertiary alicyclic amines) is 1. The summed E-state index contributed by atoms with van der Waals surface area (Å²) in [7, 11) is 0. The van der Waals surface area contributed by atoms with Crippen LogP contribution in [0.4, 0.5) is 11.4 Å². The molecule has 2 amide bonds. The van der Waals surface area contributed by atoms with Gasteiger partial charge in [-0.15, -0.1) is 0 Å². The lowest BCUT2D eigenvalue weighted by atomic mass is 10.1. The van der Waals surface area contributed by atoms with Gasteiger partial charge in [-0.1, -0.05) is 0 Å². The molecule has 0 aromatic heterocycles. The molecule has 3 fully saturated rings. The number of benzene rings is 1. The van der Waals surface area contributed by atoms with Crippen molar-refractivity contribution in [3.63, 3.8) is 0 Å². The molecule has 1 saturated carbocycles. The largest absolute Gasteiger partial charge is 0.399 e. The SMILES string of the molecule is Nc1ccc(N2CCN(C(=O)C3CC3)CC2)c(C(=O)N2CCCCC2)c1. The first kappa shape index (κ1) is 17.2. The number of carbonyl (C=O) groups is 2. The summed E-state index contributed by atoms with van der Waals surface area (Å²) in [6.45, 7) is 4.66. The molecular weight excluding hydrogens is 328 g/mol. The molecule has 0 bridgehead atoms. The molecule has 1 aromatic rings. The number of nitrogens with zero attached hydrogens (tertiary/aromatic N) is 3. The number of piperidine rings is 1. The molecule has 1 aliphatic carbocycles. The van der Waals surface area contributed by atoms with E-state index in [0.717, 1.165) is 70.6 Å². The molecule has 1 aromatic carbocycles. The van der Waals surface area contributed by atoms with Crippen LogP contribution >= 0.6 is 0 Å². The molecule has 2 heterocycles. The highest BCUT2D eigenvalue weighted by molar-refractivity contribution is 6.01. The number of carbonyl (C=O) groups excluding carboxylic acids is 2. The summed E-state index contributed by atoms with van der Waals surface area (Å²) in [4.78, 5) is 31.5. The van der Waals surface area contributed by atoms with E-state index in [-0.39, 0.29) is 11.8 Å². The van der Waals surface area contributed by atoms with E-state index in [0.29, 0.717) is 17.2 Å². The van der Waals surface area contributed by atoms with Crippen molar-refractivity contribution in [2.75, 3.05) is 49.9 Å². The number of hydrogen-bond acceptors (Lipinski definition) is 4. The molecule has 2 saturated heterocycles. The Balaban J connectivity index is 1.49. The van der Waals surface area contributed by atoms with Crippen LogP contribution in [0, 0.1) is 5.92 Å². The summed E-state index contributed by atoms with van der Waals surface area (Å²) < 4.78 is 0. The second-order valence-corrected chi connectivity index (χ2v) is 7.72. The highest BCUT2D eigenvalue weighted by atomic mass is 16.2. The lowest BCUT2D eigenvalue weighted by Crippen LogP contribution is -2.49. The molecule has 0 radical (unpaired) electrons. The molecule has 6 nitrogen and oxygen atoms in total. The van der Waals surface area contributed by atoms with Gasteiger partial charge >= 0.3 is 0 Å². The van der Waals surface area contributed by atoms with Gasteiger partial charge in [-0.25, -0.2) is 0 Å². The zero-order valence-corrected chi connectivity index (χ0v) is 15.3. The van der Waals surface area contributed by atoms with Crippen molar-refractivity contribution in [2.45, 2.75) is 32.1 Å². The molecule has 6 heteroatoms. The van der Waals surface area contributed by atoms with Crippen molar-refractivity contribution in [1.29, 1.82) is 0 Å². The van der Waals surface area contributed by atoms with Gasteiger partial charge in [0.25, 0.3) is 5.91 Å². The average molecular weight is 356 g/mol. The summed E-state index contributed by atoms with van der Waals surface area (Å²) in [5, 5.41) is 0. The van der Waals surface area contributed by atoms with Crippen LogP contribution in [0.15, 0.2) is 18.2 Å². The standard InChI is InChI=1S/C20H28N4O2/c21-16-6-7-18(17(14-16)20(26)23-8-2-1-3-9-23)22-10-12-24(13-11-22)19(25)15-4-5-15/h6-7,14-15H,1-5,8-13,21H2. The number of nitrogen functional groups attached to an aromatic ring is 1. The Morgan fingerprint density at radius 2 is 1.58 bits per heavy atom. The van der Waals surface area contributed by atoms with E-state index in [4.69, 9.17) is 5.73 Å². The zero-order valence-electron chi connectivity index (χ0n) is 15.3. The predicted octanol–water partition coefficient (Wildman–Crippen LogP) is 1.95. The van der Waals surface area contributed by atoms with Gasteiger partial charge in [0.15, 0.2) is 0 Å².